The molecule has 9 nitrogen and oxygen atoms in total. The van der Waals surface area contributed by atoms with Gasteiger partial charge in [-0.15, -0.1) is 0 Å². The fourth-order valence-electron chi connectivity index (χ4n) is 7.44. The highest BCUT2D eigenvalue weighted by atomic mass is 16.3. The monoisotopic (exact) mass is 610 g/mol. The first kappa shape index (κ1) is 30.0. The number of hydrogen-bond donors (Lipinski definition) is 2. The van der Waals surface area contributed by atoms with E-state index in [0.717, 1.165) is 61.2 Å². The minimum absolute atomic E-state index is 0.0157. The van der Waals surface area contributed by atoms with E-state index in [9.17, 15) is 14.7 Å². The molecule has 3 fully saturated rings. The molecule has 4 aromatic rings. The first-order chi connectivity index (χ1) is 21.6. The van der Waals surface area contributed by atoms with Gasteiger partial charge in [-0.05, 0) is 94.9 Å². The number of para-hydroxylation sites is 1. The number of carbonyl (C=O) groups excluding carboxylic acids is 2. The summed E-state index contributed by atoms with van der Waals surface area (Å²) in [6.45, 7) is 9.33. The zero-order chi connectivity index (χ0) is 31.5. The molecule has 2 saturated heterocycles. The molecule has 0 bridgehead atoms. The van der Waals surface area contributed by atoms with Crippen LogP contribution in [0.25, 0.3) is 27.8 Å². The van der Waals surface area contributed by atoms with Gasteiger partial charge in [-0.25, -0.2) is 4.52 Å². The van der Waals surface area contributed by atoms with Crippen LogP contribution >= 0.6 is 0 Å². The van der Waals surface area contributed by atoms with E-state index in [2.05, 4.69) is 35.8 Å². The molecular weight excluding hydrogens is 564 g/mol. The molecular formula is C36H46N6O3. The summed E-state index contributed by atoms with van der Waals surface area (Å²) in [4.78, 5) is 30.2. The van der Waals surface area contributed by atoms with Crippen molar-refractivity contribution >= 4 is 28.2 Å². The summed E-state index contributed by atoms with van der Waals surface area (Å²) in [6, 6.07) is 12.9. The molecule has 3 N–H and O–H groups in total. The first-order valence-corrected chi connectivity index (χ1v) is 16.7. The van der Waals surface area contributed by atoms with Crippen molar-refractivity contribution < 1.29 is 14.7 Å². The molecule has 0 radical (unpaired) electrons. The summed E-state index contributed by atoms with van der Waals surface area (Å²) < 4.78 is 4.38. The van der Waals surface area contributed by atoms with E-state index in [1.165, 1.54) is 29.3 Å². The van der Waals surface area contributed by atoms with E-state index in [1.807, 2.05) is 46.5 Å². The maximum atomic E-state index is 13.4. The SMILES string of the molecule is Cc1c(-c2cc3cccc(C4CCN(C(=O)C(C)(C)CO)CC4)c3n2CC2CC2)nn2cc(C(=O)N3CCCC(N)C3)ccc12. The summed E-state index contributed by atoms with van der Waals surface area (Å²) in [7, 11) is 0. The number of aliphatic hydroxyl groups excluding tert-OH is 1. The Bertz CT molecular complexity index is 1760. The van der Waals surface area contributed by atoms with Gasteiger partial charge in [0.25, 0.3) is 5.91 Å². The number of piperidine rings is 2. The van der Waals surface area contributed by atoms with E-state index in [4.69, 9.17) is 10.8 Å². The van der Waals surface area contributed by atoms with E-state index < -0.39 is 5.41 Å². The number of rotatable bonds is 7. The summed E-state index contributed by atoms with van der Waals surface area (Å²) in [5.41, 5.74) is 12.9. The molecule has 0 spiro atoms. The van der Waals surface area contributed by atoms with Crippen LogP contribution in [0, 0.1) is 18.3 Å². The molecule has 1 saturated carbocycles. The molecule has 2 aliphatic heterocycles. The van der Waals surface area contributed by atoms with Gasteiger partial charge in [0.2, 0.25) is 5.91 Å². The van der Waals surface area contributed by atoms with E-state index >= 15 is 0 Å². The van der Waals surface area contributed by atoms with Crippen LogP contribution in [0.3, 0.4) is 0 Å². The quantitative estimate of drug-likeness (QED) is 0.308. The highest BCUT2D eigenvalue weighted by molar-refractivity contribution is 5.95. The number of nitrogens with zero attached hydrogens (tertiary/aromatic N) is 5. The highest BCUT2D eigenvalue weighted by Crippen LogP contribution is 2.41. The molecule has 45 heavy (non-hydrogen) atoms. The second-order valence-electron chi connectivity index (χ2n) is 14.4. The van der Waals surface area contributed by atoms with Gasteiger partial charge in [0.15, 0.2) is 0 Å². The van der Waals surface area contributed by atoms with Crippen molar-refractivity contribution in [1.29, 1.82) is 0 Å². The van der Waals surface area contributed by atoms with Crippen molar-refractivity contribution in [1.82, 2.24) is 24.0 Å². The molecule has 7 rings (SSSR count). The van der Waals surface area contributed by atoms with Gasteiger partial charge in [-0.3, -0.25) is 9.59 Å². The standard InChI is InChI=1S/C36H46N6O3/c1-23-30-12-11-27(34(44)40-15-5-7-28(37)21-40)20-42(30)38-32(23)31-18-26-6-4-8-29(33(26)41(31)19-24-9-10-24)25-13-16-39(17-14-25)35(45)36(2,3)22-43/h4,6,8,11-12,18,20,24-25,28,43H,5,7,9-10,13-17,19,21-22,37H2,1-3H3. The Morgan fingerprint density at radius 1 is 1.02 bits per heavy atom. The minimum Gasteiger partial charge on any atom is -0.395 e. The number of benzene rings is 1. The number of aromatic nitrogens is 3. The smallest absolute Gasteiger partial charge is 0.255 e. The molecule has 2 amide bonds. The zero-order valence-electron chi connectivity index (χ0n) is 26.8. The Labute approximate surface area is 265 Å². The summed E-state index contributed by atoms with van der Waals surface area (Å²) >= 11 is 0. The summed E-state index contributed by atoms with van der Waals surface area (Å²) in [6.07, 6.45) is 8.08. The van der Waals surface area contributed by atoms with Crippen LogP contribution in [0.2, 0.25) is 0 Å². The zero-order valence-corrected chi connectivity index (χ0v) is 26.8. The Morgan fingerprint density at radius 3 is 2.51 bits per heavy atom. The number of pyridine rings is 1. The lowest BCUT2D eigenvalue weighted by Gasteiger charge is -2.36. The first-order valence-electron chi connectivity index (χ1n) is 16.7. The van der Waals surface area contributed by atoms with Gasteiger partial charge in [0, 0.05) is 55.9 Å². The van der Waals surface area contributed by atoms with E-state index in [1.54, 1.807) is 0 Å². The van der Waals surface area contributed by atoms with Crippen molar-refractivity contribution in [2.24, 2.45) is 17.1 Å². The average Bonchev–Trinajstić information content (AvgIpc) is 3.72. The molecule has 1 aliphatic carbocycles. The molecule has 238 valence electrons. The third-order valence-electron chi connectivity index (χ3n) is 10.4. The summed E-state index contributed by atoms with van der Waals surface area (Å²) in [5.74, 6) is 1.08. The van der Waals surface area contributed by atoms with Gasteiger partial charge < -0.3 is 25.2 Å². The van der Waals surface area contributed by atoms with Gasteiger partial charge in [0.05, 0.1) is 34.3 Å². The lowest BCUT2D eigenvalue weighted by molar-refractivity contribution is -0.143. The number of carbonyl (C=O) groups is 2. The van der Waals surface area contributed by atoms with Crippen molar-refractivity contribution in [3.05, 3.63) is 59.3 Å². The van der Waals surface area contributed by atoms with Crippen LogP contribution in [0.5, 0.6) is 0 Å². The van der Waals surface area contributed by atoms with Gasteiger partial charge in [-0.1, -0.05) is 18.2 Å². The Balaban J connectivity index is 1.23. The van der Waals surface area contributed by atoms with Crippen molar-refractivity contribution in [3.63, 3.8) is 0 Å². The second kappa shape index (κ2) is 11.6. The fourth-order valence-corrected chi connectivity index (χ4v) is 7.44. The summed E-state index contributed by atoms with van der Waals surface area (Å²) in [5, 5.41) is 16.1. The van der Waals surface area contributed by atoms with Crippen molar-refractivity contribution in [3.8, 4) is 11.4 Å². The number of amides is 2. The normalized spacial score (nSPS) is 20.0. The maximum absolute atomic E-state index is 13.4. The third kappa shape index (κ3) is 5.54. The largest absolute Gasteiger partial charge is 0.395 e. The van der Waals surface area contributed by atoms with Crippen molar-refractivity contribution in [2.75, 3.05) is 32.8 Å². The van der Waals surface area contributed by atoms with E-state index in [-0.39, 0.29) is 24.5 Å². The number of nitrogens with two attached hydrogens (primary N) is 1. The molecule has 5 heterocycles. The lowest BCUT2D eigenvalue weighted by atomic mass is 9.86. The molecule has 3 aromatic heterocycles. The number of aryl methyl sites for hydroxylation is 1. The number of fused-ring (bicyclic) bond motifs is 2. The van der Waals surface area contributed by atoms with Gasteiger partial charge >= 0.3 is 0 Å². The van der Waals surface area contributed by atoms with Crippen LogP contribution in [0.1, 0.15) is 79.8 Å². The molecule has 3 aliphatic rings. The van der Waals surface area contributed by atoms with Crippen LogP contribution in [0.4, 0.5) is 0 Å². The molecule has 1 aromatic carbocycles. The van der Waals surface area contributed by atoms with Crippen LogP contribution in [-0.2, 0) is 11.3 Å². The molecule has 1 atom stereocenters. The number of aliphatic hydroxyl groups is 1. The Hall–Kier alpha value is -3.69. The molecule has 9 heteroatoms. The fraction of sp³-hybridized carbons (Fsp3) is 0.528. The van der Waals surface area contributed by atoms with Crippen LogP contribution < -0.4 is 5.73 Å². The maximum Gasteiger partial charge on any atom is 0.255 e. The van der Waals surface area contributed by atoms with Crippen LogP contribution in [0.15, 0.2) is 42.6 Å². The Morgan fingerprint density at radius 2 is 1.80 bits per heavy atom. The predicted molar refractivity (Wildman–Crippen MR) is 176 cm³/mol. The van der Waals surface area contributed by atoms with Gasteiger partial charge in [-0.2, -0.15) is 5.10 Å². The minimum atomic E-state index is -0.748. The topological polar surface area (TPSA) is 109 Å². The Kier molecular flexibility index (Phi) is 7.72. The van der Waals surface area contributed by atoms with E-state index in [0.29, 0.717) is 37.0 Å². The molecule has 1 unspecified atom stereocenters. The van der Waals surface area contributed by atoms with Crippen LogP contribution in [-0.4, -0.2) is 79.7 Å². The second-order valence-corrected chi connectivity index (χ2v) is 14.4. The third-order valence-corrected chi connectivity index (χ3v) is 10.4. The van der Waals surface area contributed by atoms with Crippen molar-refractivity contribution in [2.45, 2.75) is 77.8 Å². The number of hydrogen-bond acceptors (Lipinski definition) is 5. The number of likely N-dealkylation sites (tertiary alicyclic amines) is 2. The van der Waals surface area contributed by atoms with Gasteiger partial charge in [0.1, 0.15) is 5.69 Å². The predicted octanol–water partition coefficient (Wildman–Crippen LogP) is 4.96. The lowest BCUT2D eigenvalue weighted by Crippen LogP contribution is -2.46. The highest BCUT2D eigenvalue weighted by Gasteiger charge is 2.35. The average molecular weight is 611 g/mol.